The number of carboxylic acid groups (broad SMARTS) is 1. The molecule has 0 spiro atoms. The molecule has 6 heteroatoms. The lowest BCUT2D eigenvalue weighted by molar-refractivity contribution is 0.0535. The normalized spacial score (nSPS) is 10.3. The fourth-order valence-electron chi connectivity index (χ4n) is 1.25. The summed E-state index contributed by atoms with van der Waals surface area (Å²) in [5.41, 5.74) is 0.0411. The molecule has 0 aliphatic heterocycles. The van der Waals surface area contributed by atoms with Crippen LogP contribution in [0.2, 0.25) is 5.02 Å². The first-order chi connectivity index (χ1) is 8.65. The molecule has 5 nitrogen and oxygen atoms in total. The summed E-state index contributed by atoms with van der Waals surface area (Å²) in [4.78, 5) is 11.0. The second-order valence-corrected chi connectivity index (χ2v) is 3.84. The Bertz CT molecular complexity index is 394. The predicted octanol–water partition coefficient (Wildman–Crippen LogP) is 2.08. The van der Waals surface area contributed by atoms with Gasteiger partial charge in [-0.3, -0.25) is 0 Å². The van der Waals surface area contributed by atoms with Crippen LogP contribution >= 0.6 is 11.6 Å². The molecule has 1 rings (SSSR count). The standard InChI is InChI=1S/C12H15ClO5/c1-16-4-5-17-6-7-18-11-3-2-9(13)8-10(11)12(14)15/h2-3,8H,4-7H2,1H3,(H,14,15). The van der Waals surface area contributed by atoms with Crippen molar-refractivity contribution in [1.82, 2.24) is 0 Å². The molecule has 0 amide bonds. The molecule has 0 aliphatic carbocycles. The number of methoxy groups -OCH3 is 1. The van der Waals surface area contributed by atoms with E-state index in [2.05, 4.69) is 0 Å². The number of carbonyl (C=O) groups is 1. The van der Waals surface area contributed by atoms with Crippen LogP contribution in [0.3, 0.4) is 0 Å². The molecular weight excluding hydrogens is 260 g/mol. The largest absolute Gasteiger partial charge is 0.490 e. The van der Waals surface area contributed by atoms with Crippen molar-refractivity contribution in [2.24, 2.45) is 0 Å². The third kappa shape index (κ3) is 4.91. The Hall–Kier alpha value is -1.30. The summed E-state index contributed by atoms with van der Waals surface area (Å²) < 4.78 is 15.3. The van der Waals surface area contributed by atoms with Gasteiger partial charge < -0.3 is 19.3 Å². The maximum Gasteiger partial charge on any atom is 0.339 e. The van der Waals surface area contributed by atoms with E-state index in [0.29, 0.717) is 24.8 Å². The van der Waals surface area contributed by atoms with Crippen LogP contribution in [0.5, 0.6) is 5.75 Å². The highest BCUT2D eigenvalue weighted by molar-refractivity contribution is 6.31. The second kappa shape index (κ2) is 7.92. The molecule has 0 aliphatic rings. The number of hydrogen-bond donors (Lipinski definition) is 1. The van der Waals surface area contributed by atoms with Gasteiger partial charge in [-0.15, -0.1) is 0 Å². The van der Waals surface area contributed by atoms with Crippen molar-refractivity contribution in [2.75, 3.05) is 33.5 Å². The van der Waals surface area contributed by atoms with Gasteiger partial charge in [0.25, 0.3) is 0 Å². The number of rotatable bonds is 8. The van der Waals surface area contributed by atoms with E-state index < -0.39 is 5.97 Å². The molecule has 0 heterocycles. The Labute approximate surface area is 110 Å². The van der Waals surface area contributed by atoms with Gasteiger partial charge in [0, 0.05) is 12.1 Å². The van der Waals surface area contributed by atoms with E-state index in [4.69, 9.17) is 30.9 Å². The van der Waals surface area contributed by atoms with Gasteiger partial charge in [-0.1, -0.05) is 11.6 Å². The quantitative estimate of drug-likeness (QED) is 0.735. The van der Waals surface area contributed by atoms with Gasteiger partial charge in [-0.05, 0) is 18.2 Å². The first-order valence-corrected chi connectivity index (χ1v) is 5.75. The lowest BCUT2D eigenvalue weighted by atomic mass is 10.2. The van der Waals surface area contributed by atoms with Crippen molar-refractivity contribution in [1.29, 1.82) is 0 Å². The molecule has 0 saturated heterocycles. The van der Waals surface area contributed by atoms with E-state index in [9.17, 15) is 4.79 Å². The third-order valence-corrected chi connectivity index (χ3v) is 2.32. The number of carboxylic acids is 1. The van der Waals surface area contributed by atoms with Crippen LogP contribution in [-0.4, -0.2) is 44.6 Å². The van der Waals surface area contributed by atoms with Crippen molar-refractivity contribution in [2.45, 2.75) is 0 Å². The van der Waals surface area contributed by atoms with E-state index in [1.54, 1.807) is 13.2 Å². The van der Waals surface area contributed by atoms with Gasteiger partial charge in [-0.2, -0.15) is 0 Å². The van der Waals surface area contributed by atoms with E-state index in [0.717, 1.165) is 0 Å². The van der Waals surface area contributed by atoms with Crippen LogP contribution in [0.4, 0.5) is 0 Å². The maximum absolute atomic E-state index is 11.0. The molecule has 100 valence electrons. The highest BCUT2D eigenvalue weighted by Gasteiger charge is 2.11. The molecule has 0 radical (unpaired) electrons. The zero-order chi connectivity index (χ0) is 13.4. The van der Waals surface area contributed by atoms with Crippen LogP contribution in [0.15, 0.2) is 18.2 Å². The summed E-state index contributed by atoms with van der Waals surface area (Å²) in [6.07, 6.45) is 0. The summed E-state index contributed by atoms with van der Waals surface area (Å²) in [7, 11) is 1.59. The van der Waals surface area contributed by atoms with Crippen LogP contribution in [0.25, 0.3) is 0 Å². The van der Waals surface area contributed by atoms with Crippen molar-refractivity contribution in [3.63, 3.8) is 0 Å². The Kier molecular flexibility index (Phi) is 6.49. The zero-order valence-corrected chi connectivity index (χ0v) is 10.8. The lowest BCUT2D eigenvalue weighted by Gasteiger charge is -2.09. The summed E-state index contributed by atoms with van der Waals surface area (Å²) >= 11 is 5.72. The zero-order valence-electron chi connectivity index (χ0n) is 10.0. The van der Waals surface area contributed by atoms with Crippen molar-refractivity contribution < 1.29 is 24.1 Å². The number of hydrogen-bond acceptors (Lipinski definition) is 4. The van der Waals surface area contributed by atoms with E-state index in [1.807, 2.05) is 0 Å². The molecular formula is C12H15ClO5. The van der Waals surface area contributed by atoms with E-state index in [-0.39, 0.29) is 17.9 Å². The molecule has 0 fully saturated rings. The van der Waals surface area contributed by atoms with Gasteiger partial charge in [0.1, 0.15) is 17.9 Å². The number of aromatic carboxylic acids is 1. The summed E-state index contributed by atoms with van der Waals surface area (Å²) in [5, 5.41) is 9.33. The van der Waals surface area contributed by atoms with Crippen molar-refractivity contribution >= 4 is 17.6 Å². The lowest BCUT2D eigenvalue weighted by Crippen LogP contribution is -2.11. The average Bonchev–Trinajstić information content (AvgIpc) is 2.35. The number of halogens is 1. The molecule has 1 N–H and O–H groups in total. The average molecular weight is 275 g/mol. The minimum atomic E-state index is -1.08. The molecule has 0 unspecified atom stereocenters. The molecule has 0 bridgehead atoms. The minimum Gasteiger partial charge on any atom is -0.490 e. The van der Waals surface area contributed by atoms with Crippen molar-refractivity contribution in [3.05, 3.63) is 28.8 Å². The van der Waals surface area contributed by atoms with Gasteiger partial charge in [-0.25, -0.2) is 4.79 Å². The predicted molar refractivity (Wildman–Crippen MR) is 66.6 cm³/mol. The molecule has 0 aromatic heterocycles. The summed E-state index contributed by atoms with van der Waals surface area (Å²) in [6, 6.07) is 4.46. The van der Waals surface area contributed by atoms with Crippen LogP contribution < -0.4 is 4.74 Å². The first kappa shape index (κ1) is 14.8. The topological polar surface area (TPSA) is 65.0 Å². The molecule has 0 saturated carbocycles. The highest BCUT2D eigenvalue weighted by Crippen LogP contribution is 2.22. The molecule has 18 heavy (non-hydrogen) atoms. The highest BCUT2D eigenvalue weighted by atomic mass is 35.5. The van der Waals surface area contributed by atoms with Crippen LogP contribution in [0, 0.1) is 0 Å². The fourth-order valence-corrected chi connectivity index (χ4v) is 1.42. The Morgan fingerprint density at radius 2 is 2.00 bits per heavy atom. The summed E-state index contributed by atoms with van der Waals surface area (Å²) in [6.45, 7) is 1.63. The SMILES string of the molecule is COCCOCCOc1ccc(Cl)cc1C(=O)O. The van der Waals surface area contributed by atoms with Gasteiger partial charge in [0.15, 0.2) is 0 Å². The van der Waals surface area contributed by atoms with Gasteiger partial charge in [0.2, 0.25) is 0 Å². The Morgan fingerprint density at radius 1 is 1.28 bits per heavy atom. The van der Waals surface area contributed by atoms with E-state index in [1.165, 1.54) is 12.1 Å². The Balaban J connectivity index is 2.44. The molecule has 1 aromatic rings. The fraction of sp³-hybridized carbons (Fsp3) is 0.417. The third-order valence-electron chi connectivity index (χ3n) is 2.09. The van der Waals surface area contributed by atoms with Gasteiger partial charge >= 0.3 is 5.97 Å². The van der Waals surface area contributed by atoms with E-state index >= 15 is 0 Å². The first-order valence-electron chi connectivity index (χ1n) is 5.37. The number of ether oxygens (including phenoxy) is 3. The second-order valence-electron chi connectivity index (χ2n) is 3.40. The molecule has 1 aromatic carbocycles. The molecule has 0 atom stereocenters. The summed E-state index contributed by atoms with van der Waals surface area (Å²) in [5.74, 6) is -0.796. The van der Waals surface area contributed by atoms with Crippen molar-refractivity contribution in [3.8, 4) is 5.75 Å². The smallest absolute Gasteiger partial charge is 0.339 e. The minimum absolute atomic E-state index is 0.0411. The number of benzene rings is 1. The van der Waals surface area contributed by atoms with Gasteiger partial charge in [0.05, 0.1) is 19.8 Å². The van der Waals surface area contributed by atoms with Crippen LogP contribution in [-0.2, 0) is 9.47 Å². The Morgan fingerprint density at radius 3 is 2.67 bits per heavy atom. The monoisotopic (exact) mass is 274 g/mol. The van der Waals surface area contributed by atoms with Crippen LogP contribution in [0.1, 0.15) is 10.4 Å². The maximum atomic E-state index is 11.0.